The van der Waals surface area contributed by atoms with Crippen molar-refractivity contribution >= 4 is 17.6 Å². The van der Waals surface area contributed by atoms with Gasteiger partial charge in [0, 0.05) is 5.69 Å². The summed E-state index contributed by atoms with van der Waals surface area (Å²) in [6.07, 6.45) is 0.376. The van der Waals surface area contributed by atoms with Gasteiger partial charge in [-0.25, -0.2) is 4.39 Å². The highest BCUT2D eigenvalue weighted by Crippen LogP contribution is 2.39. The quantitative estimate of drug-likeness (QED) is 0.842. The maximum absolute atomic E-state index is 13.0. The molecule has 1 aliphatic carbocycles. The molecule has 1 aromatic rings. The lowest BCUT2D eigenvalue weighted by Crippen LogP contribution is -2.16. The van der Waals surface area contributed by atoms with E-state index in [9.17, 15) is 14.0 Å². The zero-order valence-corrected chi connectivity index (χ0v) is 9.24. The number of carbonyl (C=O) groups excluding carboxylic acids is 1. The Morgan fingerprint density at radius 3 is 2.65 bits per heavy atom. The number of halogens is 1. The fraction of sp³-hybridized carbons (Fsp3) is 0.333. The lowest BCUT2D eigenvalue weighted by molar-refractivity contribution is -0.139. The van der Waals surface area contributed by atoms with Crippen molar-refractivity contribution in [2.75, 3.05) is 5.32 Å². The monoisotopic (exact) mass is 237 g/mol. The number of carboxylic acid groups (broad SMARTS) is 1. The molecule has 5 heteroatoms. The van der Waals surface area contributed by atoms with Crippen molar-refractivity contribution in [2.45, 2.75) is 13.3 Å². The summed E-state index contributed by atoms with van der Waals surface area (Å²) in [7, 11) is 0. The van der Waals surface area contributed by atoms with Crippen LogP contribution in [0, 0.1) is 24.6 Å². The number of anilines is 1. The van der Waals surface area contributed by atoms with Crippen LogP contribution in [-0.2, 0) is 9.59 Å². The van der Waals surface area contributed by atoms with E-state index in [4.69, 9.17) is 5.11 Å². The van der Waals surface area contributed by atoms with Gasteiger partial charge in [-0.05, 0) is 37.1 Å². The van der Waals surface area contributed by atoms with Gasteiger partial charge in [-0.3, -0.25) is 9.59 Å². The highest BCUT2D eigenvalue weighted by Gasteiger charge is 2.48. The maximum Gasteiger partial charge on any atom is 0.307 e. The highest BCUT2D eigenvalue weighted by atomic mass is 19.1. The van der Waals surface area contributed by atoms with Crippen molar-refractivity contribution in [3.05, 3.63) is 29.6 Å². The molecule has 1 amide bonds. The van der Waals surface area contributed by atoms with Crippen LogP contribution in [0.5, 0.6) is 0 Å². The average molecular weight is 237 g/mol. The van der Waals surface area contributed by atoms with E-state index in [0.717, 1.165) is 0 Å². The SMILES string of the molecule is Cc1cc(NC(=O)C2CC2C(=O)O)ccc1F. The van der Waals surface area contributed by atoms with Crippen LogP contribution < -0.4 is 5.32 Å². The molecule has 0 heterocycles. The minimum Gasteiger partial charge on any atom is -0.481 e. The Bertz CT molecular complexity index is 487. The second-order valence-electron chi connectivity index (χ2n) is 4.24. The molecule has 2 N–H and O–H groups in total. The molecule has 1 saturated carbocycles. The van der Waals surface area contributed by atoms with E-state index in [2.05, 4.69) is 5.32 Å². The predicted octanol–water partition coefficient (Wildman–Crippen LogP) is 1.79. The molecule has 0 aromatic heterocycles. The average Bonchev–Trinajstić information content (AvgIpc) is 3.03. The van der Waals surface area contributed by atoms with Gasteiger partial charge >= 0.3 is 5.97 Å². The summed E-state index contributed by atoms with van der Waals surface area (Å²) in [6, 6.07) is 4.25. The Balaban J connectivity index is 2.00. The Kier molecular flexibility index (Phi) is 2.83. The van der Waals surface area contributed by atoms with Crippen LogP contribution in [0.4, 0.5) is 10.1 Å². The second-order valence-corrected chi connectivity index (χ2v) is 4.24. The molecule has 2 unspecified atom stereocenters. The summed E-state index contributed by atoms with van der Waals surface area (Å²) in [5.41, 5.74) is 0.929. The number of benzene rings is 1. The van der Waals surface area contributed by atoms with Gasteiger partial charge in [0.05, 0.1) is 11.8 Å². The fourth-order valence-corrected chi connectivity index (χ4v) is 1.72. The number of carboxylic acids is 1. The number of amides is 1. The van der Waals surface area contributed by atoms with Gasteiger partial charge in [0.25, 0.3) is 0 Å². The first-order chi connectivity index (χ1) is 7.99. The molecule has 0 saturated heterocycles. The van der Waals surface area contributed by atoms with E-state index in [1.54, 1.807) is 6.92 Å². The summed E-state index contributed by atoms with van der Waals surface area (Å²) >= 11 is 0. The number of nitrogens with one attached hydrogen (secondary N) is 1. The Labute approximate surface area is 97.4 Å². The summed E-state index contributed by atoms with van der Waals surface area (Å²) in [4.78, 5) is 22.2. The molecule has 0 bridgehead atoms. The molecule has 1 aliphatic rings. The molecule has 0 aliphatic heterocycles. The van der Waals surface area contributed by atoms with Gasteiger partial charge in [-0.15, -0.1) is 0 Å². The first-order valence-electron chi connectivity index (χ1n) is 5.29. The lowest BCUT2D eigenvalue weighted by Gasteiger charge is -2.05. The van der Waals surface area contributed by atoms with E-state index in [1.807, 2.05) is 0 Å². The smallest absolute Gasteiger partial charge is 0.307 e. The van der Waals surface area contributed by atoms with Crippen molar-refractivity contribution in [2.24, 2.45) is 11.8 Å². The van der Waals surface area contributed by atoms with Crippen LogP contribution in [0.1, 0.15) is 12.0 Å². The van der Waals surface area contributed by atoms with E-state index in [0.29, 0.717) is 17.7 Å². The Morgan fingerprint density at radius 1 is 1.41 bits per heavy atom. The van der Waals surface area contributed by atoms with E-state index >= 15 is 0 Å². The number of aliphatic carboxylic acids is 1. The third-order valence-corrected chi connectivity index (χ3v) is 2.87. The van der Waals surface area contributed by atoms with Crippen molar-refractivity contribution < 1.29 is 19.1 Å². The number of hydrogen-bond acceptors (Lipinski definition) is 2. The predicted molar refractivity (Wildman–Crippen MR) is 59.0 cm³/mol. The van der Waals surface area contributed by atoms with Gasteiger partial charge in [0.15, 0.2) is 0 Å². The molecule has 0 spiro atoms. The van der Waals surface area contributed by atoms with Gasteiger partial charge in [0.1, 0.15) is 5.82 Å². The van der Waals surface area contributed by atoms with Crippen molar-refractivity contribution in [3.8, 4) is 0 Å². The number of aryl methyl sites for hydroxylation is 1. The summed E-state index contributed by atoms with van der Waals surface area (Å²) in [5, 5.41) is 11.3. The molecule has 1 fully saturated rings. The summed E-state index contributed by atoms with van der Waals surface area (Å²) in [5.74, 6) is -2.63. The van der Waals surface area contributed by atoms with Gasteiger partial charge < -0.3 is 10.4 Å². The Hall–Kier alpha value is -1.91. The van der Waals surface area contributed by atoms with E-state index < -0.39 is 17.8 Å². The van der Waals surface area contributed by atoms with Crippen molar-refractivity contribution in [1.29, 1.82) is 0 Å². The molecule has 1 aromatic carbocycles. The molecule has 90 valence electrons. The second kappa shape index (κ2) is 4.16. The van der Waals surface area contributed by atoms with E-state index in [1.165, 1.54) is 18.2 Å². The number of hydrogen-bond donors (Lipinski definition) is 2. The molecular weight excluding hydrogens is 225 g/mol. The first-order valence-corrected chi connectivity index (χ1v) is 5.29. The van der Waals surface area contributed by atoms with Crippen LogP contribution in [0.15, 0.2) is 18.2 Å². The zero-order valence-electron chi connectivity index (χ0n) is 9.24. The van der Waals surface area contributed by atoms with Gasteiger partial charge in [-0.2, -0.15) is 0 Å². The maximum atomic E-state index is 13.0. The first kappa shape index (κ1) is 11.6. The van der Waals surface area contributed by atoms with Crippen LogP contribution >= 0.6 is 0 Å². The normalized spacial score (nSPS) is 22.0. The third kappa shape index (κ3) is 2.43. The molecule has 17 heavy (non-hydrogen) atoms. The standard InChI is InChI=1S/C12H12FNO3/c1-6-4-7(2-3-10(6)13)14-11(15)8-5-9(8)12(16)17/h2-4,8-9H,5H2,1H3,(H,14,15)(H,16,17). The summed E-state index contributed by atoms with van der Waals surface area (Å²) in [6.45, 7) is 1.60. The van der Waals surface area contributed by atoms with Crippen LogP contribution in [0.3, 0.4) is 0 Å². The van der Waals surface area contributed by atoms with Crippen LogP contribution in [0.25, 0.3) is 0 Å². The number of carbonyl (C=O) groups is 2. The minimum atomic E-state index is -0.944. The van der Waals surface area contributed by atoms with Gasteiger partial charge in [-0.1, -0.05) is 0 Å². The molecule has 4 nitrogen and oxygen atoms in total. The highest BCUT2D eigenvalue weighted by molar-refractivity contribution is 5.98. The van der Waals surface area contributed by atoms with Crippen LogP contribution in [0.2, 0.25) is 0 Å². The Morgan fingerprint density at radius 2 is 2.12 bits per heavy atom. The van der Waals surface area contributed by atoms with E-state index in [-0.39, 0.29) is 11.7 Å². The largest absolute Gasteiger partial charge is 0.481 e. The van der Waals surface area contributed by atoms with Crippen LogP contribution in [-0.4, -0.2) is 17.0 Å². The van der Waals surface area contributed by atoms with Gasteiger partial charge in [0.2, 0.25) is 5.91 Å². The number of rotatable bonds is 3. The fourth-order valence-electron chi connectivity index (χ4n) is 1.72. The molecular formula is C12H12FNO3. The third-order valence-electron chi connectivity index (χ3n) is 2.87. The molecule has 2 rings (SSSR count). The minimum absolute atomic E-state index is 0.316. The topological polar surface area (TPSA) is 66.4 Å². The van der Waals surface area contributed by atoms with Crippen molar-refractivity contribution in [3.63, 3.8) is 0 Å². The molecule has 0 radical (unpaired) electrons. The summed E-state index contributed by atoms with van der Waals surface area (Å²) < 4.78 is 13.0. The molecule has 2 atom stereocenters. The lowest BCUT2D eigenvalue weighted by atomic mass is 10.2. The zero-order chi connectivity index (χ0) is 12.6. The van der Waals surface area contributed by atoms with Crippen molar-refractivity contribution in [1.82, 2.24) is 0 Å².